The number of nitrogens with zero attached hydrogens (tertiary/aromatic N) is 1. The van der Waals surface area contributed by atoms with Crippen LogP contribution in [-0.4, -0.2) is 23.5 Å². The number of ether oxygens (including phenoxy) is 1. The molecule has 2 amide bonds. The number of rotatable bonds is 4. The Kier molecular flexibility index (Phi) is 5.93. The van der Waals surface area contributed by atoms with Gasteiger partial charge in [0.2, 0.25) is 5.91 Å². The number of carbonyl (C=O) groups excluding carboxylic acids is 2. The van der Waals surface area contributed by atoms with Gasteiger partial charge in [-0.05, 0) is 24.0 Å². The van der Waals surface area contributed by atoms with E-state index < -0.39 is 12.2 Å². The molecule has 1 aromatic heterocycles. The molecule has 0 fully saturated rings. The van der Waals surface area contributed by atoms with E-state index in [0.717, 1.165) is 16.0 Å². The molecule has 1 atom stereocenters. The number of hydrogen-bond acceptors (Lipinski definition) is 5. The first-order valence-corrected chi connectivity index (χ1v) is 8.08. The lowest BCUT2D eigenvalue weighted by Crippen LogP contribution is -2.19. The zero-order valence-corrected chi connectivity index (χ0v) is 14.1. The molecule has 24 heavy (non-hydrogen) atoms. The summed E-state index contributed by atoms with van der Waals surface area (Å²) in [7, 11) is 0. The maximum absolute atomic E-state index is 10.8. The number of hydrogen-bond donors (Lipinski definition) is 2. The summed E-state index contributed by atoms with van der Waals surface area (Å²) in [4.78, 5) is 26.8. The molecule has 7 heteroatoms. The zero-order valence-electron chi connectivity index (χ0n) is 13.3. The van der Waals surface area contributed by atoms with Crippen molar-refractivity contribution in [3.05, 3.63) is 41.0 Å². The number of carbonyl (C=O) groups is 2. The van der Waals surface area contributed by atoms with Gasteiger partial charge < -0.3 is 15.8 Å². The van der Waals surface area contributed by atoms with Gasteiger partial charge in [0, 0.05) is 6.92 Å². The summed E-state index contributed by atoms with van der Waals surface area (Å²) in [6.07, 6.45) is -1.21. The summed E-state index contributed by atoms with van der Waals surface area (Å²) in [5, 5.41) is 2.61. The van der Waals surface area contributed by atoms with Crippen LogP contribution in [0.1, 0.15) is 31.2 Å². The highest BCUT2D eigenvalue weighted by Gasteiger charge is 2.11. The maximum Gasteiger partial charge on any atom is 0.405 e. The average Bonchev–Trinajstić information content (AvgIpc) is 2.99. The van der Waals surface area contributed by atoms with E-state index in [0.29, 0.717) is 5.69 Å². The van der Waals surface area contributed by atoms with Gasteiger partial charge in [-0.25, -0.2) is 9.78 Å². The van der Waals surface area contributed by atoms with Crippen molar-refractivity contribution in [3.63, 3.8) is 0 Å². The standard InChI is InChI=1S/C17H17N3O3S/c1-11(23-17(18)22)13-5-7-14(8-6-13)16-15(20-10-24-16)4-3-9-19-12(2)21/h5-8,10-11H,9H2,1-2H3,(H2,18,22)(H,19,21). The van der Waals surface area contributed by atoms with Crippen LogP contribution in [0.25, 0.3) is 10.4 Å². The molecule has 0 aliphatic carbocycles. The van der Waals surface area contributed by atoms with Crippen LogP contribution in [-0.2, 0) is 9.53 Å². The smallest absolute Gasteiger partial charge is 0.405 e. The number of primary amides is 1. The predicted octanol–water partition coefficient (Wildman–Crippen LogP) is 2.45. The third-order valence-corrected chi connectivity index (χ3v) is 4.01. The molecule has 0 radical (unpaired) electrons. The van der Waals surface area contributed by atoms with E-state index in [-0.39, 0.29) is 12.5 Å². The van der Waals surface area contributed by atoms with Gasteiger partial charge in [0.05, 0.1) is 16.9 Å². The van der Waals surface area contributed by atoms with E-state index in [9.17, 15) is 9.59 Å². The topological polar surface area (TPSA) is 94.3 Å². The lowest BCUT2D eigenvalue weighted by Gasteiger charge is -2.11. The van der Waals surface area contributed by atoms with Gasteiger partial charge in [-0.15, -0.1) is 11.3 Å². The first kappa shape index (κ1) is 17.5. The zero-order chi connectivity index (χ0) is 17.5. The lowest BCUT2D eigenvalue weighted by atomic mass is 10.1. The largest absolute Gasteiger partial charge is 0.442 e. The molecular formula is C17H17N3O3S. The summed E-state index contributed by atoms with van der Waals surface area (Å²) in [6.45, 7) is 3.49. The van der Waals surface area contributed by atoms with E-state index >= 15 is 0 Å². The monoisotopic (exact) mass is 343 g/mol. The molecule has 0 spiro atoms. The third-order valence-electron chi connectivity index (χ3n) is 3.14. The molecule has 0 aliphatic heterocycles. The van der Waals surface area contributed by atoms with Gasteiger partial charge in [0.15, 0.2) is 0 Å². The van der Waals surface area contributed by atoms with Crippen LogP contribution in [0.5, 0.6) is 0 Å². The SMILES string of the molecule is CC(=O)NCC#Cc1ncsc1-c1ccc(C(C)OC(N)=O)cc1. The van der Waals surface area contributed by atoms with Gasteiger partial charge in [-0.2, -0.15) is 0 Å². The van der Waals surface area contributed by atoms with Crippen LogP contribution < -0.4 is 11.1 Å². The maximum atomic E-state index is 10.8. The van der Waals surface area contributed by atoms with Gasteiger partial charge in [0.25, 0.3) is 0 Å². The summed E-state index contributed by atoms with van der Waals surface area (Å²) < 4.78 is 4.95. The molecular weight excluding hydrogens is 326 g/mol. The number of nitrogens with two attached hydrogens (primary N) is 1. The van der Waals surface area contributed by atoms with Crippen molar-refractivity contribution in [1.82, 2.24) is 10.3 Å². The molecule has 124 valence electrons. The molecule has 2 aromatic rings. The first-order valence-electron chi connectivity index (χ1n) is 7.20. The minimum atomic E-state index is -0.800. The molecule has 3 N–H and O–H groups in total. The number of benzene rings is 1. The fourth-order valence-corrected chi connectivity index (χ4v) is 2.74. The van der Waals surface area contributed by atoms with Crippen LogP contribution in [0, 0.1) is 11.8 Å². The van der Waals surface area contributed by atoms with E-state index in [2.05, 4.69) is 22.1 Å². The molecule has 0 bridgehead atoms. The Morgan fingerprint density at radius 2 is 2.08 bits per heavy atom. The van der Waals surface area contributed by atoms with Crippen LogP contribution in [0.4, 0.5) is 4.79 Å². The van der Waals surface area contributed by atoms with E-state index in [1.165, 1.54) is 18.3 Å². The highest BCUT2D eigenvalue weighted by atomic mass is 32.1. The van der Waals surface area contributed by atoms with Crippen LogP contribution in [0.2, 0.25) is 0 Å². The highest BCUT2D eigenvalue weighted by molar-refractivity contribution is 7.13. The van der Waals surface area contributed by atoms with Crippen molar-refractivity contribution in [3.8, 4) is 22.3 Å². The minimum absolute atomic E-state index is 0.120. The second kappa shape index (κ2) is 8.13. The Bertz CT molecular complexity index is 787. The molecule has 0 aliphatic rings. The Morgan fingerprint density at radius 3 is 2.71 bits per heavy atom. The van der Waals surface area contributed by atoms with Crippen molar-refractivity contribution in [2.75, 3.05) is 6.54 Å². The Hall–Kier alpha value is -2.85. The number of aromatic nitrogens is 1. The molecule has 1 aromatic carbocycles. The summed E-state index contributed by atoms with van der Waals surface area (Å²) in [5.74, 6) is 5.71. The lowest BCUT2D eigenvalue weighted by molar-refractivity contribution is -0.118. The van der Waals surface area contributed by atoms with Gasteiger partial charge in [-0.3, -0.25) is 4.79 Å². The number of thiazole rings is 1. The first-order chi connectivity index (χ1) is 11.5. The van der Waals surface area contributed by atoms with Crippen molar-refractivity contribution in [2.24, 2.45) is 5.73 Å². The van der Waals surface area contributed by atoms with Crippen molar-refractivity contribution >= 4 is 23.3 Å². The Morgan fingerprint density at radius 1 is 1.38 bits per heavy atom. The normalized spacial score (nSPS) is 11.1. The van der Waals surface area contributed by atoms with Crippen LogP contribution >= 0.6 is 11.3 Å². The Balaban J connectivity index is 2.14. The third kappa shape index (κ3) is 4.83. The van der Waals surface area contributed by atoms with Crippen LogP contribution in [0.3, 0.4) is 0 Å². The molecule has 1 unspecified atom stereocenters. The predicted molar refractivity (Wildman–Crippen MR) is 92.2 cm³/mol. The number of amides is 2. The second-order valence-electron chi connectivity index (χ2n) is 4.94. The molecule has 0 saturated heterocycles. The van der Waals surface area contributed by atoms with Gasteiger partial charge >= 0.3 is 6.09 Å². The summed E-state index contributed by atoms with van der Waals surface area (Å²) >= 11 is 1.49. The molecule has 6 nitrogen and oxygen atoms in total. The van der Waals surface area contributed by atoms with Crippen molar-refractivity contribution in [2.45, 2.75) is 20.0 Å². The quantitative estimate of drug-likeness (QED) is 0.834. The van der Waals surface area contributed by atoms with Crippen LogP contribution in [0.15, 0.2) is 29.8 Å². The second-order valence-corrected chi connectivity index (χ2v) is 5.80. The Labute approximate surface area is 144 Å². The fraction of sp³-hybridized carbons (Fsp3) is 0.235. The molecule has 0 saturated carbocycles. The van der Waals surface area contributed by atoms with E-state index in [1.54, 1.807) is 12.4 Å². The van der Waals surface area contributed by atoms with E-state index in [4.69, 9.17) is 10.5 Å². The van der Waals surface area contributed by atoms with Crippen molar-refractivity contribution < 1.29 is 14.3 Å². The summed E-state index contributed by atoms with van der Waals surface area (Å²) in [5.41, 5.74) is 9.23. The fourth-order valence-electron chi connectivity index (χ4n) is 1.98. The highest BCUT2D eigenvalue weighted by Crippen LogP contribution is 2.28. The van der Waals surface area contributed by atoms with Gasteiger partial charge in [-0.1, -0.05) is 30.2 Å². The number of nitrogens with one attached hydrogen (secondary N) is 1. The minimum Gasteiger partial charge on any atom is -0.442 e. The molecule has 1 heterocycles. The average molecular weight is 343 g/mol. The van der Waals surface area contributed by atoms with E-state index in [1.807, 2.05) is 24.3 Å². The van der Waals surface area contributed by atoms with Gasteiger partial charge in [0.1, 0.15) is 11.8 Å². The summed E-state index contributed by atoms with van der Waals surface area (Å²) in [6, 6.07) is 7.58. The molecule has 2 rings (SSSR count). The van der Waals surface area contributed by atoms with Crippen molar-refractivity contribution in [1.29, 1.82) is 0 Å².